The minimum atomic E-state index is 0.619. The zero-order valence-corrected chi connectivity index (χ0v) is 11.2. The molecule has 0 aliphatic rings. The third kappa shape index (κ3) is 5.01. The highest BCUT2D eigenvalue weighted by Crippen LogP contribution is 2.11. The van der Waals surface area contributed by atoms with Crippen molar-refractivity contribution in [2.24, 2.45) is 0 Å². The van der Waals surface area contributed by atoms with Crippen molar-refractivity contribution in [3.8, 4) is 0 Å². The third-order valence-corrected chi connectivity index (χ3v) is 3.74. The Kier molecular flexibility index (Phi) is 6.30. The van der Waals surface area contributed by atoms with Crippen molar-refractivity contribution in [1.82, 2.24) is 4.90 Å². The molecular formula is C12H20ClNS. The van der Waals surface area contributed by atoms with Crippen molar-refractivity contribution >= 4 is 22.9 Å². The Labute approximate surface area is 102 Å². The summed E-state index contributed by atoms with van der Waals surface area (Å²) in [6, 6.07) is 4.96. The molecule has 0 spiro atoms. The largest absolute Gasteiger partial charge is 0.301 e. The Morgan fingerprint density at radius 2 is 2.20 bits per heavy atom. The first-order valence-corrected chi connectivity index (χ1v) is 6.98. The summed E-state index contributed by atoms with van der Waals surface area (Å²) in [6.07, 6.45) is 2.25. The summed E-state index contributed by atoms with van der Waals surface area (Å²) in [5.41, 5.74) is 0. The van der Waals surface area contributed by atoms with Crippen LogP contribution < -0.4 is 0 Å². The van der Waals surface area contributed by atoms with Gasteiger partial charge in [-0.2, -0.15) is 0 Å². The fraction of sp³-hybridized carbons (Fsp3) is 0.667. The van der Waals surface area contributed by atoms with Gasteiger partial charge in [-0.25, -0.2) is 0 Å². The molecule has 1 heterocycles. The van der Waals surface area contributed by atoms with Crippen LogP contribution >= 0.6 is 22.9 Å². The summed E-state index contributed by atoms with van der Waals surface area (Å²) in [5.74, 6) is 0.766. The first-order valence-electron chi connectivity index (χ1n) is 5.56. The van der Waals surface area contributed by atoms with E-state index in [1.54, 1.807) is 0 Å². The minimum Gasteiger partial charge on any atom is -0.301 e. The minimum absolute atomic E-state index is 0.619. The molecule has 86 valence electrons. The van der Waals surface area contributed by atoms with Gasteiger partial charge in [0.25, 0.3) is 0 Å². The Balaban J connectivity index is 2.31. The number of hydrogen-bond donors (Lipinski definition) is 0. The Hall–Kier alpha value is -0.0500. The van der Waals surface area contributed by atoms with Gasteiger partial charge in [-0.05, 0) is 44.7 Å². The summed E-state index contributed by atoms with van der Waals surface area (Å²) >= 11 is 7.57. The molecule has 15 heavy (non-hydrogen) atoms. The van der Waals surface area contributed by atoms with E-state index in [1.807, 2.05) is 11.3 Å². The van der Waals surface area contributed by atoms with Crippen LogP contribution in [0.25, 0.3) is 0 Å². The quantitative estimate of drug-likeness (QED) is 0.663. The van der Waals surface area contributed by atoms with Gasteiger partial charge in [-0.1, -0.05) is 6.07 Å². The van der Waals surface area contributed by atoms with Crippen LogP contribution in [0.4, 0.5) is 0 Å². The number of hydrogen-bond acceptors (Lipinski definition) is 2. The number of halogens is 1. The maximum atomic E-state index is 5.73. The molecule has 0 aliphatic heterocycles. The molecule has 0 bridgehead atoms. The van der Waals surface area contributed by atoms with E-state index in [9.17, 15) is 0 Å². The van der Waals surface area contributed by atoms with Gasteiger partial charge in [0.1, 0.15) is 0 Å². The highest BCUT2D eigenvalue weighted by Gasteiger charge is 2.08. The molecular weight excluding hydrogens is 226 g/mol. The number of nitrogens with zero attached hydrogens (tertiary/aromatic N) is 1. The zero-order chi connectivity index (χ0) is 11.1. The lowest BCUT2D eigenvalue weighted by Crippen LogP contribution is -2.33. The van der Waals surface area contributed by atoms with Gasteiger partial charge in [-0.3, -0.25) is 0 Å². The van der Waals surface area contributed by atoms with Crippen LogP contribution in [0.15, 0.2) is 17.5 Å². The van der Waals surface area contributed by atoms with Gasteiger partial charge in [0.05, 0.1) is 0 Å². The molecule has 0 aromatic carbocycles. The molecule has 0 fully saturated rings. The molecule has 0 atom stereocenters. The van der Waals surface area contributed by atoms with E-state index >= 15 is 0 Å². The molecule has 0 saturated heterocycles. The van der Waals surface area contributed by atoms with Gasteiger partial charge < -0.3 is 4.90 Å². The fourth-order valence-electron chi connectivity index (χ4n) is 1.60. The Bertz CT molecular complexity index is 246. The predicted molar refractivity (Wildman–Crippen MR) is 70.1 cm³/mol. The van der Waals surface area contributed by atoms with Gasteiger partial charge in [0.15, 0.2) is 0 Å². The van der Waals surface area contributed by atoms with Gasteiger partial charge >= 0.3 is 0 Å². The predicted octanol–water partition coefficient (Wildman–Crippen LogP) is 3.63. The van der Waals surface area contributed by atoms with Crippen LogP contribution in [0.2, 0.25) is 0 Å². The first kappa shape index (κ1) is 13.0. The summed E-state index contributed by atoms with van der Waals surface area (Å²) in [4.78, 5) is 3.98. The summed E-state index contributed by atoms with van der Waals surface area (Å²) in [7, 11) is 0. The van der Waals surface area contributed by atoms with E-state index in [0.29, 0.717) is 6.04 Å². The Morgan fingerprint density at radius 3 is 2.73 bits per heavy atom. The first-order chi connectivity index (χ1) is 7.24. The SMILES string of the molecule is CC(C)N(CCCCl)CCc1cccs1. The van der Waals surface area contributed by atoms with E-state index in [4.69, 9.17) is 11.6 Å². The topological polar surface area (TPSA) is 3.24 Å². The zero-order valence-electron chi connectivity index (χ0n) is 9.58. The van der Waals surface area contributed by atoms with Crippen molar-refractivity contribution in [2.75, 3.05) is 19.0 Å². The van der Waals surface area contributed by atoms with Crippen LogP contribution in [0.1, 0.15) is 25.1 Å². The van der Waals surface area contributed by atoms with Crippen LogP contribution in [-0.2, 0) is 6.42 Å². The van der Waals surface area contributed by atoms with Crippen LogP contribution in [0.3, 0.4) is 0 Å². The lowest BCUT2D eigenvalue weighted by atomic mass is 10.2. The van der Waals surface area contributed by atoms with E-state index in [-0.39, 0.29) is 0 Å². The molecule has 0 N–H and O–H groups in total. The Morgan fingerprint density at radius 1 is 1.40 bits per heavy atom. The van der Waals surface area contributed by atoms with Crippen molar-refractivity contribution in [1.29, 1.82) is 0 Å². The lowest BCUT2D eigenvalue weighted by molar-refractivity contribution is 0.226. The van der Waals surface area contributed by atoms with E-state index in [1.165, 1.54) is 4.88 Å². The molecule has 0 saturated carbocycles. The maximum Gasteiger partial charge on any atom is 0.0235 e. The average Bonchev–Trinajstić information content (AvgIpc) is 2.70. The third-order valence-electron chi connectivity index (χ3n) is 2.53. The molecule has 1 nitrogen and oxygen atoms in total. The van der Waals surface area contributed by atoms with Crippen molar-refractivity contribution in [2.45, 2.75) is 32.7 Å². The summed E-state index contributed by atoms with van der Waals surface area (Å²) in [5, 5.41) is 2.15. The maximum absolute atomic E-state index is 5.73. The van der Waals surface area contributed by atoms with E-state index in [2.05, 4.69) is 36.3 Å². The second-order valence-corrected chi connectivity index (χ2v) is 5.41. The number of rotatable bonds is 7. The molecule has 0 amide bonds. The van der Waals surface area contributed by atoms with Crippen molar-refractivity contribution in [3.63, 3.8) is 0 Å². The summed E-state index contributed by atoms with van der Waals surface area (Å²) in [6.45, 7) is 6.77. The lowest BCUT2D eigenvalue weighted by Gasteiger charge is -2.25. The van der Waals surface area contributed by atoms with Gasteiger partial charge in [-0.15, -0.1) is 22.9 Å². The van der Waals surface area contributed by atoms with Gasteiger partial charge in [0.2, 0.25) is 0 Å². The normalized spacial score (nSPS) is 11.5. The number of alkyl halides is 1. The van der Waals surface area contributed by atoms with E-state index < -0.39 is 0 Å². The van der Waals surface area contributed by atoms with E-state index in [0.717, 1.165) is 31.8 Å². The summed E-state index contributed by atoms with van der Waals surface area (Å²) < 4.78 is 0. The highest BCUT2D eigenvalue weighted by atomic mass is 35.5. The number of thiophene rings is 1. The van der Waals surface area contributed by atoms with Crippen LogP contribution in [0.5, 0.6) is 0 Å². The second kappa shape index (κ2) is 7.26. The second-order valence-electron chi connectivity index (χ2n) is 4.00. The van der Waals surface area contributed by atoms with Crippen LogP contribution in [-0.4, -0.2) is 29.9 Å². The molecule has 1 aromatic rings. The average molecular weight is 246 g/mol. The molecule has 3 heteroatoms. The smallest absolute Gasteiger partial charge is 0.0235 e. The van der Waals surface area contributed by atoms with Gasteiger partial charge in [0, 0.05) is 23.3 Å². The molecule has 1 aromatic heterocycles. The van der Waals surface area contributed by atoms with Crippen LogP contribution in [0, 0.1) is 0 Å². The molecule has 0 unspecified atom stereocenters. The fourth-order valence-corrected chi connectivity index (χ4v) is 2.42. The standard InChI is InChI=1S/C12H20ClNS/c1-11(2)14(8-4-7-13)9-6-12-5-3-10-15-12/h3,5,10-11H,4,6-9H2,1-2H3. The molecule has 0 aliphatic carbocycles. The van der Waals surface area contributed by atoms with Crippen molar-refractivity contribution < 1.29 is 0 Å². The van der Waals surface area contributed by atoms with Crippen molar-refractivity contribution in [3.05, 3.63) is 22.4 Å². The highest BCUT2D eigenvalue weighted by molar-refractivity contribution is 7.09. The molecule has 0 radical (unpaired) electrons. The monoisotopic (exact) mass is 245 g/mol. The molecule has 1 rings (SSSR count).